The number of rotatable bonds is 4. The Balaban J connectivity index is 2.46. The summed E-state index contributed by atoms with van der Waals surface area (Å²) in [4.78, 5) is 0. The highest BCUT2D eigenvalue weighted by Gasteiger charge is 2.19. The Morgan fingerprint density at radius 1 is 1.05 bits per heavy atom. The van der Waals surface area contributed by atoms with E-state index in [1.165, 1.54) is 0 Å². The fourth-order valence-electron chi connectivity index (χ4n) is 1.99. The molecule has 0 aromatic heterocycles. The fraction of sp³-hybridized carbons (Fsp3) is 0.200. The van der Waals surface area contributed by atoms with E-state index in [1.807, 2.05) is 0 Å². The minimum Gasteiger partial charge on any atom is -0.495 e. The van der Waals surface area contributed by atoms with Gasteiger partial charge in [-0.15, -0.1) is 0 Å². The van der Waals surface area contributed by atoms with Crippen LogP contribution in [0.1, 0.15) is 17.2 Å². The van der Waals surface area contributed by atoms with Crippen molar-refractivity contribution in [3.05, 3.63) is 52.0 Å². The van der Waals surface area contributed by atoms with Crippen molar-refractivity contribution in [2.75, 3.05) is 20.0 Å². The van der Waals surface area contributed by atoms with Crippen LogP contribution in [-0.2, 0) is 0 Å². The molecular formula is C15H16BrNO3. The second-order valence-corrected chi connectivity index (χ2v) is 5.07. The molecule has 106 valence electrons. The molecule has 0 saturated heterocycles. The minimum atomic E-state index is -0.798. The number of aliphatic hydroxyl groups is 1. The van der Waals surface area contributed by atoms with Gasteiger partial charge in [0, 0.05) is 11.3 Å². The van der Waals surface area contributed by atoms with Crippen molar-refractivity contribution in [3.63, 3.8) is 0 Å². The van der Waals surface area contributed by atoms with Crippen molar-refractivity contribution in [2.24, 2.45) is 0 Å². The van der Waals surface area contributed by atoms with Crippen LogP contribution in [-0.4, -0.2) is 19.3 Å². The number of halogens is 1. The Kier molecular flexibility index (Phi) is 4.52. The van der Waals surface area contributed by atoms with Gasteiger partial charge in [-0.3, -0.25) is 0 Å². The molecule has 2 aromatic carbocycles. The number of anilines is 1. The van der Waals surface area contributed by atoms with Crippen LogP contribution in [0.5, 0.6) is 11.5 Å². The first-order valence-corrected chi connectivity index (χ1v) is 6.81. The summed E-state index contributed by atoms with van der Waals surface area (Å²) in [6.07, 6.45) is -0.798. The zero-order valence-electron chi connectivity index (χ0n) is 11.3. The van der Waals surface area contributed by atoms with Gasteiger partial charge in [0.2, 0.25) is 0 Å². The van der Waals surface area contributed by atoms with Crippen LogP contribution in [0.3, 0.4) is 0 Å². The first-order chi connectivity index (χ1) is 9.58. The van der Waals surface area contributed by atoms with Crippen LogP contribution >= 0.6 is 15.9 Å². The van der Waals surface area contributed by atoms with Crippen LogP contribution in [0.15, 0.2) is 40.9 Å². The summed E-state index contributed by atoms with van der Waals surface area (Å²) in [5.74, 6) is 1.20. The summed E-state index contributed by atoms with van der Waals surface area (Å²) in [7, 11) is 3.13. The average Bonchev–Trinajstić information content (AvgIpc) is 2.47. The first kappa shape index (κ1) is 14.7. The number of aliphatic hydroxyl groups excluding tert-OH is 1. The molecule has 5 heteroatoms. The number of hydrogen-bond acceptors (Lipinski definition) is 4. The van der Waals surface area contributed by atoms with Gasteiger partial charge < -0.3 is 20.3 Å². The smallest absolute Gasteiger partial charge is 0.142 e. The van der Waals surface area contributed by atoms with Gasteiger partial charge in [0.1, 0.15) is 22.1 Å². The van der Waals surface area contributed by atoms with Gasteiger partial charge in [-0.1, -0.05) is 12.1 Å². The Morgan fingerprint density at radius 2 is 1.70 bits per heavy atom. The van der Waals surface area contributed by atoms with Gasteiger partial charge in [0.15, 0.2) is 0 Å². The summed E-state index contributed by atoms with van der Waals surface area (Å²) >= 11 is 3.42. The Bertz CT molecular complexity index is 599. The second kappa shape index (κ2) is 6.15. The number of ether oxygens (including phenoxy) is 2. The van der Waals surface area contributed by atoms with Crippen molar-refractivity contribution in [3.8, 4) is 11.5 Å². The molecule has 0 radical (unpaired) electrons. The molecule has 1 atom stereocenters. The molecule has 0 saturated carbocycles. The second-order valence-electron chi connectivity index (χ2n) is 4.27. The zero-order valence-corrected chi connectivity index (χ0v) is 12.8. The van der Waals surface area contributed by atoms with Crippen LogP contribution in [0.2, 0.25) is 0 Å². The largest absolute Gasteiger partial charge is 0.495 e. The van der Waals surface area contributed by atoms with Crippen LogP contribution < -0.4 is 15.2 Å². The van der Waals surface area contributed by atoms with Gasteiger partial charge in [0.05, 0.1) is 14.2 Å². The lowest BCUT2D eigenvalue weighted by Crippen LogP contribution is -2.04. The van der Waals surface area contributed by atoms with E-state index in [2.05, 4.69) is 15.9 Å². The van der Waals surface area contributed by atoms with E-state index in [4.69, 9.17) is 15.2 Å². The van der Waals surface area contributed by atoms with E-state index < -0.39 is 6.10 Å². The lowest BCUT2D eigenvalue weighted by Gasteiger charge is -2.18. The predicted molar refractivity (Wildman–Crippen MR) is 82.2 cm³/mol. The summed E-state index contributed by atoms with van der Waals surface area (Å²) in [6, 6.07) is 10.6. The van der Waals surface area contributed by atoms with E-state index in [9.17, 15) is 5.11 Å². The van der Waals surface area contributed by atoms with Crippen LogP contribution in [0, 0.1) is 0 Å². The average molecular weight is 338 g/mol. The quantitative estimate of drug-likeness (QED) is 0.841. The van der Waals surface area contributed by atoms with Gasteiger partial charge in [-0.25, -0.2) is 0 Å². The predicted octanol–water partition coefficient (Wildman–Crippen LogP) is 3.13. The molecule has 1 unspecified atom stereocenters. The zero-order chi connectivity index (χ0) is 14.7. The molecule has 0 fully saturated rings. The normalized spacial score (nSPS) is 12.0. The molecule has 0 heterocycles. The van der Waals surface area contributed by atoms with Crippen molar-refractivity contribution in [1.29, 1.82) is 0 Å². The van der Waals surface area contributed by atoms with Gasteiger partial charge in [0.25, 0.3) is 0 Å². The SMILES string of the molecule is COc1ccc(C(O)c2ccc(N)cc2)c(OC)c1Br. The molecule has 0 bridgehead atoms. The lowest BCUT2D eigenvalue weighted by molar-refractivity contribution is 0.214. The van der Waals surface area contributed by atoms with Crippen molar-refractivity contribution < 1.29 is 14.6 Å². The summed E-state index contributed by atoms with van der Waals surface area (Å²) in [5.41, 5.74) is 7.71. The topological polar surface area (TPSA) is 64.7 Å². The van der Waals surface area contributed by atoms with Crippen molar-refractivity contribution in [1.82, 2.24) is 0 Å². The maximum Gasteiger partial charge on any atom is 0.142 e. The highest BCUT2D eigenvalue weighted by atomic mass is 79.9. The molecule has 20 heavy (non-hydrogen) atoms. The number of methoxy groups -OCH3 is 2. The highest BCUT2D eigenvalue weighted by Crippen LogP contribution is 2.41. The maximum atomic E-state index is 10.5. The van der Waals surface area contributed by atoms with Gasteiger partial charge in [-0.2, -0.15) is 0 Å². The molecular weight excluding hydrogens is 322 g/mol. The van der Waals surface area contributed by atoms with Crippen molar-refractivity contribution in [2.45, 2.75) is 6.10 Å². The van der Waals surface area contributed by atoms with E-state index >= 15 is 0 Å². The number of nitrogens with two attached hydrogens (primary N) is 1. The molecule has 0 spiro atoms. The third-order valence-electron chi connectivity index (χ3n) is 3.06. The Hall–Kier alpha value is -1.72. The minimum absolute atomic E-state index is 0.550. The van der Waals surface area contributed by atoms with Crippen LogP contribution in [0.4, 0.5) is 5.69 Å². The standard InChI is InChI=1S/C15H16BrNO3/c1-19-12-8-7-11(15(20-2)13(12)16)14(18)9-3-5-10(17)6-4-9/h3-8,14,18H,17H2,1-2H3. The molecule has 2 rings (SSSR count). The number of benzene rings is 2. The van der Waals surface area contributed by atoms with Crippen LogP contribution in [0.25, 0.3) is 0 Å². The van der Waals surface area contributed by atoms with Crippen molar-refractivity contribution >= 4 is 21.6 Å². The number of hydrogen-bond donors (Lipinski definition) is 2. The third-order valence-corrected chi connectivity index (χ3v) is 3.81. The molecule has 2 aromatic rings. The summed E-state index contributed by atoms with van der Waals surface area (Å²) in [5, 5.41) is 10.5. The van der Waals surface area contributed by atoms with E-state index in [1.54, 1.807) is 50.6 Å². The molecule has 0 aliphatic heterocycles. The fourth-order valence-corrected chi connectivity index (χ4v) is 2.68. The van der Waals surface area contributed by atoms with E-state index in [0.717, 1.165) is 5.56 Å². The van der Waals surface area contributed by atoms with E-state index in [-0.39, 0.29) is 0 Å². The highest BCUT2D eigenvalue weighted by molar-refractivity contribution is 9.10. The van der Waals surface area contributed by atoms with Gasteiger partial charge in [-0.05, 0) is 45.8 Å². The monoisotopic (exact) mass is 337 g/mol. The number of nitrogen functional groups attached to an aromatic ring is 1. The summed E-state index contributed by atoms with van der Waals surface area (Å²) in [6.45, 7) is 0. The lowest BCUT2D eigenvalue weighted by atomic mass is 10.00. The molecule has 0 aliphatic carbocycles. The third kappa shape index (κ3) is 2.73. The first-order valence-electron chi connectivity index (χ1n) is 6.02. The molecule has 0 aliphatic rings. The maximum absolute atomic E-state index is 10.5. The summed E-state index contributed by atoms with van der Waals surface area (Å²) < 4.78 is 11.3. The molecule has 3 N–H and O–H groups in total. The Labute approximate surface area is 126 Å². The molecule has 0 amide bonds. The molecule has 4 nitrogen and oxygen atoms in total. The Morgan fingerprint density at radius 3 is 2.25 bits per heavy atom. The van der Waals surface area contributed by atoms with Gasteiger partial charge >= 0.3 is 0 Å². The van der Waals surface area contributed by atoms with E-state index in [0.29, 0.717) is 27.2 Å².